The number of nitrogens with one attached hydrogen (secondary N) is 2. The third-order valence-electron chi connectivity index (χ3n) is 3.51. The van der Waals surface area contributed by atoms with Crippen LogP contribution in [0.4, 0.5) is 10.5 Å². The zero-order valence-electron chi connectivity index (χ0n) is 12.0. The highest BCUT2D eigenvalue weighted by atomic mass is 31.2. The number of anilines is 1. The van der Waals surface area contributed by atoms with Crippen LogP contribution in [0.3, 0.4) is 0 Å². The number of para-hydroxylation sites is 3. The molecule has 0 saturated carbocycles. The van der Waals surface area contributed by atoms with Gasteiger partial charge >= 0.3 is 13.7 Å². The SMILES string of the molecule is O=C(Nc1ccccc1)NP1(=O)OCc2nc3ccccc3n21. The van der Waals surface area contributed by atoms with E-state index in [0.29, 0.717) is 17.0 Å². The average molecular weight is 328 g/mol. The van der Waals surface area contributed by atoms with Gasteiger partial charge in [0.15, 0.2) is 0 Å². The van der Waals surface area contributed by atoms with Crippen LogP contribution in [0.1, 0.15) is 5.82 Å². The maximum atomic E-state index is 13.0. The second-order valence-electron chi connectivity index (χ2n) is 5.05. The quantitative estimate of drug-likeness (QED) is 0.707. The van der Waals surface area contributed by atoms with E-state index < -0.39 is 13.7 Å². The summed E-state index contributed by atoms with van der Waals surface area (Å²) in [6.07, 6.45) is 0. The van der Waals surface area contributed by atoms with Crippen molar-refractivity contribution in [2.24, 2.45) is 0 Å². The molecule has 1 aliphatic rings. The van der Waals surface area contributed by atoms with Gasteiger partial charge < -0.3 is 5.32 Å². The van der Waals surface area contributed by atoms with Gasteiger partial charge in [-0.15, -0.1) is 0 Å². The number of imidazole rings is 1. The summed E-state index contributed by atoms with van der Waals surface area (Å²) in [4.78, 5) is 16.5. The predicted octanol–water partition coefficient (Wildman–Crippen LogP) is 3.34. The third kappa shape index (κ3) is 2.40. The Hall–Kier alpha value is -2.63. The molecule has 0 fully saturated rings. The summed E-state index contributed by atoms with van der Waals surface area (Å²) in [7, 11) is -3.56. The zero-order chi connectivity index (χ0) is 15.9. The molecule has 23 heavy (non-hydrogen) atoms. The van der Waals surface area contributed by atoms with Gasteiger partial charge in [0.05, 0.1) is 11.0 Å². The summed E-state index contributed by atoms with van der Waals surface area (Å²) in [5.41, 5.74) is 1.99. The first-order valence-corrected chi connectivity index (χ1v) is 8.60. The van der Waals surface area contributed by atoms with Gasteiger partial charge in [-0.2, -0.15) is 0 Å². The number of hydrogen-bond donors (Lipinski definition) is 2. The van der Waals surface area contributed by atoms with Crippen LogP contribution >= 0.6 is 7.67 Å². The first kappa shape index (κ1) is 14.0. The van der Waals surface area contributed by atoms with Gasteiger partial charge in [-0.25, -0.2) is 23.8 Å². The van der Waals surface area contributed by atoms with E-state index in [9.17, 15) is 9.36 Å². The molecule has 2 heterocycles. The standard InChI is InChI=1S/C15H13N4O3P/c20-15(16-11-6-2-1-3-7-11)18-23(21)19-13-9-5-4-8-12(13)17-14(19)10-22-23/h1-9H,10H2,(H2,16,18,20,21). The number of urea groups is 1. The number of carbonyl (C=O) groups excluding carboxylic acids is 1. The van der Waals surface area contributed by atoms with Gasteiger partial charge in [0.2, 0.25) is 0 Å². The zero-order valence-corrected chi connectivity index (χ0v) is 12.9. The Bertz CT molecular complexity index is 938. The molecule has 2 aromatic carbocycles. The van der Waals surface area contributed by atoms with E-state index in [0.717, 1.165) is 5.52 Å². The summed E-state index contributed by atoms with van der Waals surface area (Å²) in [5.74, 6) is 0.537. The van der Waals surface area contributed by atoms with Crippen molar-refractivity contribution < 1.29 is 13.9 Å². The van der Waals surface area contributed by atoms with Crippen LogP contribution in [0.5, 0.6) is 0 Å². The van der Waals surface area contributed by atoms with Crippen LogP contribution in [0.25, 0.3) is 11.0 Å². The van der Waals surface area contributed by atoms with Crippen molar-refractivity contribution >= 4 is 30.4 Å². The Morgan fingerprint density at radius 1 is 1.13 bits per heavy atom. The molecule has 3 aromatic rings. The van der Waals surface area contributed by atoms with Gasteiger partial charge in [0, 0.05) is 5.69 Å². The predicted molar refractivity (Wildman–Crippen MR) is 86.1 cm³/mol. The molecule has 0 aliphatic carbocycles. The fraction of sp³-hybridized carbons (Fsp3) is 0.0667. The summed E-state index contributed by atoms with van der Waals surface area (Å²) >= 11 is 0. The van der Waals surface area contributed by atoms with Crippen molar-refractivity contribution in [1.29, 1.82) is 0 Å². The van der Waals surface area contributed by atoms with E-state index in [4.69, 9.17) is 4.52 Å². The van der Waals surface area contributed by atoms with Crippen molar-refractivity contribution in [2.45, 2.75) is 6.61 Å². The lowest BCUT2D eigenvalue weighted by Crippen LogP contribution is -2.27. The number of nitrogens with zero attached hydrogens (tertiary/aromatic N) is 2. The first-order chi connectivity index (χ1) is 11.2. The summed E-state index contributed by atoms with van der Waals surface area (Å²) < 4.78 is 19.9. The molecule has 116 valence electrons. The van der Waals surface area contributed by atoms with E-state index in [-0.39, 0.29) is 6.61 Å². The third-order valence-corrected chi connectivity index (χ3v) is 5.45. The molecule has 1 aromatic heterocycles. The lowest BCUT2D eigenvalue weighted by molar-refractivity contribution is 0.253. The van der Waals surface area contributed by atoms with Gasteiger partial charge in [-0.1, -0.05) is 30.3 Å². The fourth-order valence-corrected chi connectivity index (χ4v) is 4.29. The van der Waals surface area contributed by atoms with Crippen molar-refractivity contribution in [3.63, 3.8) is 0 Å². The van der Waals surface area contributed by atoms with Crippen LogP contribution in [0, 0.1) is 0 Å². The number of benzene rings is 2. The summed E-state index contributed by atoms with van der Waals surface area (Å²) in [6, 6.07) is 15.6. The monoisotopic (exact) mass is 328 g/mol. The molecule has 1 aliphatic heterocycles. The van der Waals surface area contributed by atoms with Crippen molar-refractivity contribution in [3.8, 4) is 0 Å². The minimum absolute atomic E-state index is 0.0948. The number of carbonyl (C=O) groups is 1. The Morgan fingerprint density at radius 2 is 1.87 bits per heavy atom. The van der Waals surface area contributed by atoms with Gasteiger partial charge in [-0.05, 0) is 24.3 Å². The minimum atomic E-state index is -3.56. The Labute approximate surface area is 131 Å². The second-order valence-corrected chi connectivity index (χ2v) is 6.98. The molecule has 0 saturated heterocycles. The van der Waals surface area contributed by atoms with Crippen LogP contribution < -0.4 is 10.4 Å². The van der Waals surface area contributed by atoms with Crippen molar-refractivity contribution in [1.82, 2.24) is 14.4 Å². The summed E-state index contributed by atoms with van der Waals surface area (Å²) in [5, 5.41) is 5.07. The van der Waals surface area contributed by atoms with Gasteiger partial charge in [-0.3, -0.25) is 4.52 Å². The van der Waals surface area contributed by atoms with Gasteiger partial charge in [0.25, 0.3) is 0 Å². The van der Waals surface area contributed by atoms with Crippen LogP contribution in [-0.2, 0) is 15.7 Å². The minimum Gasteiger partial charge on any atom is -0.308 e. The maximum absolute atomic E-state index is 13.0. The molecule has 7 nitrogen and oxygen atoms in total. The van der Waals surface area contributed by atoms with Crippen molar-refractivity contribution in [2.75, 3.05) is 5.32 Å². The normalized spacial score (nSPS) is 19.5. The van der Waals surface area contributed by atoms with E-state index >= 15 is 0 Å². The topological polar surface area (TPSA) is 85.2 Å². The molecule has 2 amide bonds. The number of hydrogen-bond acceptors (Lipinski definition) is 4. The number of aromatic nitrogens is 2. The number of fused-ring (bicyclic) bond motifs is 3. The molecule has 1 atom stereocenters. The number of rotatable bonds is 2. The largest absolute Gasteiger partial charge is 0.404 e. The molecule has 4 rings (SSSR count). The lowest BCUT2D eigenvalue weighted by atomic mass is 10.3. The van der Waals surface area contributed by atoms with Crippen LogP contribution in [0.2, 0.25) is 0 Å². The Morgan fingerprint density at radius 3 is 2.70 bits per heavy atom. The van der Waals surface area contributed by atoms with E-state index in [1.165, 1.54) is 4.34 Å². The molecule has 0 radical (unpaired) electrons. The summed E-state index contributed by atoms with van der Waals surface area (Å²) in [6.45, 7) is 0.0948. The van der Waals surface area contributed by atoms with Crippen LogP contribution in [-0.4, -0.2) is 15.4 Å². The Kier molecular flexibility index (Phi) is 3.18. The average Bonchev–Trinajstić information content (AvgIpc) is 3.06. The number of amides is 2. The second kappa shape index (κ2) is 5.22. The van der Waals surface area contributed by atoms with Gasteiger partial charge in [0.1, 0.15) is 12.4 Å². The smallest absolute Gasteiger partial charge is 0.308 e. The highest BCUT2D eigenvalue weighted by molar-refractivity contribution is 7.56. The van der Waals surface area contributed by atoms with E-state index in [2.05, 4.69) is 15.4 Å². The highest BCUT2D eigenvalue weighted by Crippen LogP contribution is 2.52. The molecule has 0 bridgehead atoms. The Balaban J connectivity index is 1.63. The molecule has 8 heteroatoms. The molecular weight excluding hydrogens is 315 g/mol. The molecule has 2 N–H and O–H groups in total. The first-order valence-electron chi connectivity index (χ1n) is 7.02. The highest BCUT2D eigenvalue weighted by Gasteiger charge is 2.38. The fourth-order valence-electron chi connectivity index (χ4n) is 2.54. The molecular formula is C15H13N4O3P. The maximum Gasteiger partial charge on any atom is 0.404 e. The lowest BCUT2D eigenvalue weighted by Gasteiger charge is -2.15. The molecule has 0 spiro atoms. The van der Waals surface area contributed by atoms with E-state index in [1.54, 1.807) is 30.3 Å². The van der Waals surface area contributed by atoms with Crippen molar-refractivity contribution in [3.05, 3.63) is 60.4 Å². The molecule has 1 unspecified atom stereocenters. The van der Waals surface area contributed by atoms with Crippen LogP contribution in [0.15, 0.2) is 54.6 Å². The van der Waals surface area contributed by atoms with E-state index in [1.807, 2.05) is 24.3 Å².